The summed E-state index contributed by atoms with van der Waals surface area (Å²) in [5.74, 6) is 0.804. The van der Waals surface area contributed by atoms with Gasteiger partial charge in [0.15, 0.2) is 0 Å². The number of hydrogen-bond acceptors (Lipinski definition) is 11. The number of hydrogen-bond donors (Lipinski definition) is 3. The number of aldehydes is 2. The maximum Gasteiger partial charge on any atom is 1.00 e. The molecule has 3 N–H and O–H groups in total. The topological polar surface area (TPSA) is 190 Å². The summed E-state index contributed by atoms with van der Waals surface area (Å²) in [5.41, 5.74) is 4.69. The van der Waals surface area contributed by atoms with Gasteiger partial charge in [0.1, 0.15) is 43.9 Å². The molecule has 4 rings (SSSR count). The van der Waals surface area contributed by atoms with Gasteiger partial charge in [0.05, 0.1) is 6.54 Å². The van der Waals surface area contributed by atoms with Gasteiger partial charge in [-0.3, -0.25) is 14.4 Å². The minimum absolute atomic E-state index is 0. The SMILES string of the molecule is Cc1ccc(C=O)cc1O.Cc1ccc(C=O)cc1OCCNC(=O)OCc1ccccc1.O=C(NCCBr)OCc1ccccc1.O=CO[O-].[H-].[K+].[K+]. The first-order valence-corrected chi connectivity index (χ1v) is 16.4. The van der Waals surface area contributed by atoms with Crippen LogP contribution in [0.15, 0.2) is 97.1 Å². The molecule has 16 heteroatoms. The van der Waals surface area contributed by atoms with Crippen molar-refractivity contribution in [1.29, 1.82) is 0 Å². The molecule has 0 bridgehead atoms. The van der Waals surface area contributed by atoms with Gasteiger partial charge in [-0.2, -0.15) is 0 Å². The normalized spacial score (nSPS) is 8.98. The Balaban J connectivity index is -0.000000720. The molecule has 0 heterocycles. The average molecular weight is 848 g/mol. The quantitative estimate of drug-likeness (QED) is 0.0393. The van der Waals surface area contributed by atoms with E-state index in [4.69, 9.17) is 29.4 Å². The number of rotatable bonds is 13. The number of halogens is 1. The zero-order valence-corrected chi connectivity index (χ0v) is 38.0. The van der Waals surface area contributed by atoms with Gasteiger partial charge >= 0.3 is 115 Å². The zero-order valence-electron chi connectivity index (χ0n) is 31.1. The van der Waals surface area contributed by atoms with Crippen molar-refractivity contribution in [1.82, 2.24) is 10.6 Å². The minimum atomic E-state index is -0.490. The predicted octanol–water partition coefficient (Wildman–Crippen LogP) is -0.511. The molecule has 0 aliphatic rings. The first-order chi connectivity index (χ1) is 24.7. The van der Waals surface area contributed by atoms with Crippen molar-refractivity contribution >= 4 is 47.2 Å². The Morgan fingerprint density at radius 1 is 0.736 bits per heavy atom. The van der Waals surface area contributed by atoms with Crippen molar-refractivity contribution in [3.63, 3.8) is 0 Å². The maximum atomic E-state index is 11.6. The minimum Gasteiger partial charge on any atom is -1.00 e. The summed E-state index contributed by atoms with van der Waals surface area (Å²) < 4.78 is 15.6. The number of alkyl carbamates (subject to hydrolysis) is 2. The summed E-state index contributed by atoms with van der Waals surface area (Å²) in [6, 6.07) is 29.1. The molecule has 2 amide bonds. The summed E-state index contributed by atoms with van der Waals surface area (Å²) in [5, 5.41) is 23.4. The molecule has 53 heavy (non-hydrogen) atoms. The molecule has 0 saturated carbocycles. The van der Waals surface area contributed by atoms with Gasteiger partial charge in [-0.05, 0) is 48.2 Å². The predicted molar refractivity (Wildman–Crippen MR) is 192 cm³/mol. The number of phenols is 1. The Morgan fingerprint density at radius 3 is 1.62 bits per heavy atom. The van der Waals surface area contributed by atoms with Crippen molar-refractivity contribution in [2.45, 2.75) is 27.1 Å². The third-order valence-corrected chi connectivity index (χ3v) is 6.57. The maximum absolute atomic E-state index is 11.6. The van der Waals surface area contributed by atoms with E-state index in [1.54, 1.807) is 31.2 Å². The second-order valence-corrected chi connectivity index (χ2v) is 10.8. The van der Waals surface area contributed by atoms with Crippen molar-refractivity contribution in [3.05, 3.63) is 130 Å². The van der Waals surface area contributed by atoms with Crippen LogP contribution in [0.1, 0.15) is 44.4 Å². The van der Waals surface area contributed by atoms with Gasteiger partial charge in [0, 0.05) is 23.0 Å². The van der Waals surface area contributed by atoms with Crippen LogP contribution in [-0.4, -0.2) is 61.4 Å². The first kappa shape index (κ1) is 52.6. The monoisotopic (exact) mass is 846 g/mol. The van der Waals surface area contributed by atoms with Crippen LogP contribution in [0.25, 0.3) is 0 Å². The van der Waals surface area contributed by atoms with Crippen LogP contribution in [0.4, 0.5) is 9.59 Å². The first-order valence-electron chi connectivity index (χ1n) is 15.3. The molecular weight excluding hydrogens is 807 g/mol. The molecular formula is C37H41BrK2N2O11. The summed E-state index contributed by atoms with van der Waals surface area (Å²) in [7, 11) is 0. The Morgan fingerprint density at radius 2 is 1.19 bits per heavy atom. The number of aryl methyl sites for hydroxylation is 2. The van der Waals surface area contributed by atoms with Crippen molar-refractivity contribution in [2.24, 2.45) is 0 Å². The van der Waals surface area contributed by atoms with E-state index in [0.717, 1.165) is 33.9 Å². The number of phenolic OH excluding ortho intramolecular Hbond substituents is 1. The number of ether oxygens (including phenoxy) is 3. The number of carbonyl (C=O) groups is 5. The number of carbonyl (C=O) groups excluding carboxylic acids is 5. The number of alkyl halides is 1. The number of aromatic hydroxyl groups is 1. The fourth-order valence-electron chi connectivity index (χ4n) is 3.56. The molecule has 13 nitrogen and oxygen atoms in total. The molecule has 0 saturated heterocycles. The van der Waals surface area contributed by atoms with E-state index >= 15 is 0 Å². The van der Waals surface area contributed by atoms with Crippen molar-refractivity contribution < 1.29 is 158 Å². The van der Waals surface area contributed by atoms with Crippen LogP contribution in [0.3, 0.4) is 0 Å². The second-order valence-electron chi connectivity index (χ2n) is 10.0. The zero-order chi connectivity index (χ0) is 37.7. The van der Waals surface area contributed by atoms with E-state index in [0.29, 0.717) is 49.5 Å². The van der Waals surface area contributed by atoms with Gasteiger partial charge in [0.2, 0.25) is 0 Å². The van der Waals surface area contributed by atoms with Gasteiger partial charge in [0.25, 0.3) is 6.47 Å². The molecule has 0 aliphatic heterocycles. The van der Waals surface area contributed by atoms with Crippen LogP contribution in [0.2, 0.25) is 0 Å². The summed E-state index contributed by atoms with van der Waals surface area (Å²) in [4.78, 5) is 54.7. The molecule has 0 atom stereocenters. The van der Waals surface area contributed by atoms with E-state index in [1.807, 2.05) is 73.7 Å². The van der Waals surface area contributed by atoms with E-state index < -0.39 is 6.09 Å². The van der Waals surface area contributed by atoms with E-state index in [9.17, 15) is 19.2 Å². The fourth-order valence-corrected chi connectivity index (χ4v) is 3.76. The Kier molecular flexibility index (Phi) is 33.8. The summed E-state index contributed by atoms with van der Waals surface area (Å²) in [6.45, 7) is 5.23. The molecule has 0 aliphatic carbocycles. The van der Waals surface area contributed by atoms with Crippen LogP contribution in [-0.2, 0) is 32.4 Å². The van der Waals surface area contributed by atoms with E-state index in [1.165, 1.54) is 6.07 Å². The molecule has 0 aromatic heterocycles. The Hall–Kier alpha value is -2.46. The van der Waals surface area contributed by atoms with Crippen molar-refractivity contribution in [3.8, 4) is 11.5 Å². The Bertz CT molecular complexity index is 1630. The third-order valence-electron chi connectivity index (χ3n) is 6.18. The molecule has 0 fully saturated rings. The van der Waals surface area contributed by atoms with Crippen LogP contribution in [0, 0.1) is 13.8 Å². The third kappa shape index (κ3) is 26.1. The number of nitrogens with one attached hydrogen (secondary N) is 2. The van der Waals surface area contributed by atoms with Crippen molar-refractivity contribution in [2.75, 3.05) is 25.0 Å². The van der Waals surface area contributed by atoms with Crippen LogP contribution >= 0.6 is 15.9 Å². The van der Waals surface area contributed by atoms with Crippen LogP contribution in [0.5, 0.6) is 11.5 Å². The summed E-state index contributed by atoms with van der Waals surface area (Å²) >= 11 is 3.20. The van der Waals surface area contributed by atoms with Crippen LogP contribution < -0.4 is 123 Å². The Labute approximate surface area is 403 Å². The molecule has 0 spiro atoms. The van der Waals surface area contributed by atoms with Gasteiger partial charge < -0.3 is 41.5 Å². The second kappa shape index (κ2) is 34.1. The fraction of sp³-hybridized carbons (Fsp3) is 0.216. The molecule has 0 unspecified atom stereocenters. The standard InChI is InChI=1S/C18H19NO4.C10H12BrNO2.C8H8O2.CH2O3.2K.H/c1-14-7-8-16(12-20)11-17(14)22-10-9-19-18(21)23-13-15-5-3-2-4-6-15;11-6-7-12-10(13)14-8-9-4-2-1-3-5-9;1-6-2-3-7(5-9)4-8(6)10;2-1-4-3;;;/h2-8,11-12H,9-10,13H2,1H3,(H,19,21);1-5H,6-8H2,(H,12,13);2-5,10H,1H3;1,3H;;;/q;;;;2*+1;-1/p-1. The van der Waals surface area contributed by atoms with Gasteiger partial charge in [-0.15, -0.1) is 0 Å². The van der Waals surface area contributed by atoms with E-state index in [-0.39, 0.29) is 129 Å². The van der Waals surface area contributed by atoms with E-state index in [2.05, 4.69) is 31.5 Å². The number of benzene rings is 4. The largest absolute Gasteiger partial charge is 1.00 e. The average Bonchev–Trinajstić information content (AvgIpc) is 3.17. The summed E-state index contributed by atoms with van der Waals surface area (Å²) in [6.07, 6.45) is 0.606. The molecule has 274 valence electrons. The number of amides is 2. The molecule has 4 aromatic rings. The molecule has 0 radical (unpaired) electrons. The molecule has 4 aromatic carbocycles. The van der Waals surface area contributed by atoms with Gasteiger partial charge in [-0.25, -0.2) is 9.59 Å². The van der Waals surface area contributed by atoms with Gasteiger partial charge in [-0.1, -0.05) is 101 Å². The smallest absolute Gasteiger partial charge is 1.00 e.